The predicted molar refractivity (Wildman–Crippen MR) is 82.5 cm³/mol. The Morgan fingerprint density at radius 3 is 2.38 bits per heavy atom. The summed E-state index contributed by atoms with van der Waals surface area (Å²) >= 11 is 0. The minimum absolute atomic E-state index is 0.0208. The molecule has 0 bridgehead atoms. The van der Waals surface area contributed by atoms with Crippen LogP contribution < -0.4 is 4.31 Å². The Kier molecular flexibility index (Phi) is 3.69. The van der Waals surface area contributed by atoms with Crippen LogP contribution in [0.1, 0.15) is 16.7 Å². The Labute approximate surface area is 124 Å². The highest BCUT2D eigenvalue weighted by molar-refractivity contribution is 7.92. The van der Waals surface area contributed by atoms with Crippen LogP contribution in [0, 0.1) is 0 Å². The van der Waals surface area contributed by atoms with Crippen molar-refractivity contribution in [3.8, 4) is 0 Å². The molecule has 0 fully saturated rings. The molecule has 1 aliphatic rings. The first kappa shape index (κ1) is 14.1. The minimum Gasteiger partial charge on any atom is -0.392 e. The van der Waals surface area contributed by atoms with Crippen molar-refractivity contribution in [1.29, 1.82) is 0 Å². The van der Waals surface area contributed by atoms with Crippen LogP contribution in [0.5, 0.6) is 0 Å². The van der Waals surface area contributed by atoms with E-state index in [0.29, 0.717) is 6.54 Å². The predicted octanol–water partition coefficient (Wildman–Crippen LogP) is 2.07. The second kappa shape index (κ2) is 5.50. The van der Waals surface area contributed by atoms with Gasteiger partial charge in [-0.2, -0.15) is 0 Å². The summed E-state index contributed by atoms with van der Waals surface area (Å²) in [6.07, 6.45) is 0.763. The molecule has 0 aromatic heterocycles. The molecule has 0 radical (unpaired) electrons. The summed E-state index contributed by atoms with van der Waals surface area (Å²) in [6.45, 7) is 0.475. The van der Waals surface area contributed by atoms with Crippen LogP contribution in [-0.4, -0.2) is 20.1 Å². The molecule has 2 aromatic carbocycles. The molecule has 1 N–H and O–H groups in total. The van der Waals surface area contributed by atoms with Crippen LogP contribution in [0.3, 0.4) is 0 Å². The van der Waals surface area contributed by atoms with Gasteiger partial charge in [-0.05, 0) is 29.2 Å². The van der Waals surface area contributed by atoms with Crippen molar-refractivity contribution >= 4 is 15.7 Å². The molecule has 0 amide bonds. The Morgan fingerprint density at radius 2 is 1.67 bits per heavy atom. The summed E-state index contributed by atoms with van der Waals surface area (Å²) in [4.78, 5) is 0. The number of nitrogens with zero attached hydrogens (tertiary/aromatic N) is 1. The number of sulfonamides is 1. The van der Waals surface area contributed by atoms with Crippen molar-refractivity contribution in [2.45, 2.75) is 18.8 Å². The second-order valence-electron chi connectivity index (χ2n) is 5.18. The van der Waals surface area contributed by atoms with Gasteiger partial charge in [-0.25, -0.2) is 8.42 Å². The molecule has 2 aromatic rings. The molecule has 0 atom stereocenters. The maximum atomic E-state index is 12.6. The van der Waals surface area contributed by atoms with Crippen molar-refractivity contribution in [1.82, 2.24) is 0 Å². The van der Waals surface area contributed by atoms with Gasteiger partial charge in [0.1, 0.15) is 0 Å². The topological polar surface area (TPSA) is 57.6 Å². The second-order valence-corrected chi connectivity index (χ2v) is 7.07. The van der Waals surface area contributed by atoms with Gasteiger partial charge in [0.05, 0.1) is 18.0 Å². The van der Waals surface area contributed by atoms with Gasteiger partial charge in [0.25, 0.3) is 0 Å². The van der Waals surface area contributed by atoms with E-state index < -0.39 is 10.0 Å². The first-order chi connectivity index (χ1) is 10.1. The number of anilines is 1. The lowest BCUT2D eigenvalue weighted by Gasteiger charge is -2.19. The maximum Gasteiger partial charge on any atom is 0.239 e. The first-order valence-corrected chi connectivity index (χ1v) is 8.48. The average Bonchev–Trinajstić information content (AvgIpc) is 2.92. The van der Waals surface area contributed by atoms with E-state index in [-0.39, 0.29) is 12.4 Å². The number of benzene rings is 2. The number of hydrogen-bond acceptors (Lipinski definition) is 3. The van der Waals surface area contributed by atoms with E-state index in [1.165, 1.54) is 4.31 Å². The Morgan fingerprint density at radius 1 is 1.00 bits per heavy atom. The normalized spacial score (nSPS) is 14.2. The zero-order chi connectivity index (χ0) is 14.9. The molecule has 0 aliphatic carbocycles. The third kappa shape index (κ3) is 2.80. The summed E-state index contributed by atoms with van der Waals surface area (Å²) in [6, 6.07) is 14.6. The van der Waals surface area contributed by atoms with Crippen LogP contribution >= 0.6 is 0 Å². The molecule has 1 aliphatic heterocycles. The van der Waals surface area contributed by atoms with Crippen molar-refractivity contribution in [2.75, 3.05) is 10.8 Å². The highest BCUT2D eigenvalue weighted by atomic mass is 32.2. The third-order valence-corrected chi connectivity index (χ3v) is 5.48. The van der Waals surface area contributed by atoms with Crippen LogP contribution in [-0.2, 0) is 28.8 Å². The molecular formula is C16H17NO3S. The number of rotatable bonds is 4. The van der Waals surface area contributed by atoms with Gasteiger partial charge < -0.3 is 5.11 Å². The van der Waals surface area contributed by atoms with Gasteiger partial charge in [0.2, 0.25) is 10.0 Å². The van der Waals surface area contributed by atoms with Gasteiger partial charge in [-0.15, -0.1) is 0 Å². The molecule has 0 saturated carbocycles. The van der Waals surface area contributed by atoms with Crippen molar-refractivity contribution in [3.05, 3.63) is 65.2 Å². The number of aliphatic hydroxyl groups excluding tert-OH is 1. The summed E-state index contributed by atoms with van der Waals surface area (Å²) in [7, 11) is -3.38. The zero-order valence-electron chi connectivity index (χ0n) is 11.6. The molecule has 4 nitrogen and oxygen atoms in total. The van der Waals surface area contributed by atoms with E-state index >= 15 is 0 Å². The molecule has 0 spiro atoms. The Bertz CT molecular complexity index is 738. The lowest BCUT2D eigenvalue weighted by molar-refractivity contribution is 0.282. The van der Waals surface area contributed by atoms with Crippen molar-refractivity contribution in [3.63, 3.8) is 0 Å². The summed E-state index contributed by atoms with van der Waals surface area (Å²) in [5, 5.41) is 9.02. The Hall–Kier alpha value is -1.85. The van der Waals surface area contributed by atoms with E-state index in [0.717, 1.165) is 28.8 Å². The molecule has 5 heteroatoms. The molecule has 1 heterocycles. The van der Waals surface area contributed by atoms with E-state index in [2.05, 4.69) is 0 Å². The van der Waals surface area contributed by atoms with Gasteiger partial charge in [-0.1, -0.05) is 42.5 Å². The van der Waals surface area contributed by atoms with Crippen LogP contribution in [0.25, 0.3) is 0 Å². The molecule has 0 unspecified atom stereocenters. The number of hydrogen-bond donors (Lipinski definition) is 1. The van der Waals surface area contributed by atoms with Crippen LogP contribution in [0.4, 0.5) is 5.69 Å². The molecule has 21 heavy (non-hydrogen) atoms. The van der Waals surface area contributed by atoms with Gasteiger partial charge in [-0.3, -0.25) is 4.31 Å². The quantitative estimate of drug-likeness (QED) is 0.940. The summed E-state index contributed by atoms with van der Waals surface area (Å²) in [5.41, 5.74) is 3.39. The van der Waals surface area contributed by atoms with E-state index in [9.17, 15) is 8.42 Å². The Balaban J connectivity index is 1.84. The molecule has 3 rings (SSSR count). The minimum atomic E-state index is -3.38. The van der Waals surface area contributed by atoms with E-state index in [1.807, 2.05) is 24.3 Å². The molecule has 0 saturated heterocycles. The maximum absolute atomic E-state index is 12.6. The van der Waals surface area contributed by atoms with E-state index in [1.54, 1.807) is 24.3 Å². The van der Waals surface area contributed by atoms with Gasteiger partial charge in [0.15, 0.2) is 0 Å². The van der Waals surface area contributed by atoms with Gasteiger partial charge in [0, 0.05) is 6.54 Å². The highest BCUT2D eigenvalue weighted by Gasteiger charge is 2.28. The number of para-hydroxylation sites is 1. The first-order valence-electron chi connectivity index (χ1n) is 6.87. The monoisotopic (exact) mass is 303 g/mol. The van der Waals surface area contributed by atoms with Crippen LogP contribution in [0.15, 0.2) is 48.5 Å². The summed E-state index contributed by atoms with van der Waals surface area (Å²) < 4.78 is 26.7. The van der Waals surface area contributed by atoms with Crippen LogP contribution in [0.2, 0.25) is 0 Å². The standard InChI is InChI=1S/C16H17NO3S/c18-11-13-5-7-14(8-6-13)12-21(19,20)17-10-9-15-3-1-2-4-16(15)17/h1-8,18H,9-12H2. The summed E-state index contributed by atoms with van der Waals surface area (Å²) in [5.74, 6) is -0.0208. The SMILES string of the molecule is O=S(=O)(Cc1ccc(CO)cc1)N1CCc2ccccc21. The largest absolute Gasteiger partial charge is 0.392 e. The molecular weight excluding hydrogens is 286 g/mol. The average molecular weight is 303 g/mol. The van der Waals surface area contributed by atoms with Crippen molar-refractivity contribution < 1.29 is 13.5 Å². The third-order valence-electron chi connectivity index (χ3n) is 3.73. The van der Waals surface area contributed by atoms with Gasteiger partial charge >= 0.3 is 0 Å². The highest BCUT2D eigenvalue weighted by Crippen LogP contribution is 2.31. The number of aliphatic hydroxyl groups is 1. The van der Waals surface area contributed by atoms with E-state index in [4.69, 9.17) is 5.11 Å². The lowest BCUT2D eigenvalue weighted by Crippen LogP contribution is -2.30. The fraction of sp³-hybridized carbons (Fsp3) is 0.250. The zero-order valence-corrected chi connectivity index (χ0v) is 12.4. The van der Waals surface area contributed by atoms with Crippen molar-refractivity contribution in [2.24, 2.45) is 0 Å². The molecule has 110 valence electrons. The number of fused-ring (bicyclic) bond motifs is 1. The smallest absolute Gasteiger partial charge is 0.239 e. The fourth-order valence-electron chi connectivity index (χ4n) is 2.63. The lowest BCUT2D eigenvalue weighted by atomic mass is 10.2. The fourth-order valence-corrected chi connectivity index (χ4v) is 4.24.